The van der Waals surface area contributed by atoms with Crippen molar-refractivity contribution < 1.29 is 24.0 Å². The number of aliphatic hydroxyl groups excluding tert-OH is 2. The van der Waals surface area contributed by atoms with Crippen molar-refractivity contribution in [1.29, 1.82) is 0 Å². The summed E-state index contributed by atoms with van der Waals surface area (Å²) in [6, 6.07) is 9.18. The number of benzene rings is 1. The number of aliphatic hydroxyl groups is 2. The first-order chi connectivity index (χ1) is 9.04. The third-order valence-corrected chi connectivity index (χ3v) is 4.21. The summed E-state index contributed by atoms with van der Waals surface area (Å²) >= 11 is 0. The zero-order valence-corrected chi connectivity index (χ0v) is 11.5. The molecular formula is C13H18O5S. The molecule has 1 aromatic rings. The van der Waals surface area contributed by atoms with Crippen molar-refractivity contribution in [2.45, 2.75) is 24.9 Å². The molecule has 0 amide bonds. The highest BCUT2D eigenvalue weighted by Gasteiger charge is 2.23. The fraction of sp³-hybridized carbons (Fsp3) is 0.462. The Labute approximate surface area is 114 Å². The van der Waals surface area contributed by atoms with E-state index in [0.717, 1.165) is 5.56 Å². The first-order valence-electron chi connectivity index (χ1n) is 5.91. The molecule has 0 saturated heterocycles. The molecule has 0 heterocycles. The largest absolute Gasteiger partial charge is 0.460 e. The molecule has 2 N–H and O–H groups in total. The van der Waals surface area contributed by atoms with Crippen molar-refractivity contribution in [1.82, 2.24) is 0 Å². The predicted molar refractivity (Wildman–Crippen MR) is 71.8 cm³/mol. The van der Waals surface area contributed by atoms with E-state index in [1.54, 1.807) is 0 Å². The standard InChI is InChI=1S/C13H18O5S/c1-10(19(17)9-12(15)7-14)13(16)18-8-11-5-3-2-4-6-11/h2-6,10,12,14-15H,7-9H2,1H3. The van der Waals surface area contributed by atoms with E-state index < -0.39 is 34.7 Å². The highest BCUT2D eigenvalue weighted by Crippen LogP contribution is 2.06. The van der Waals surface area contributed by atoms with Gasteiger partial charge in [-0.1, -0.05) is 30.3 Å². The molecule has 0 spiro atoms. The summed E-state index contributed by atoms with van der Waals surface area (Å²) in [7, 11) is -1.57. The maximum Gasteiger partial charge on any atom is 0.321 e. The predicted octanol–water partition coefficient (Wildman–Crippen LogP) is 0.220. The minimum Gasteiger partial charge on any atom is -0.460 e. The number of ether oxygens (including phenoxy) is 1. The Morgan fingerprint density at radius 3 is 2.58 bits per heavy atom. The van der Waals surface area contributed by atoms with Gasteiger partial charge in [-0.05, 0) is 12.5 Å². The number of carbonyl (C=O) groups excluding carboxylic acids is 1. The SMILES string of the molecule is CC(C(=O)OCc1ccccc1)S(=O)CC(O)CO. The van der Waals surface area contributed by atoms with Gasteiger partial charge in [0.25, 0.3) is 0 Å². The zero-order valence-electron chi connectivity index (χ0n) is 10.7. The molecule has 19 heavy (non-hydrogen) atoms. The van der Waals surface area contributed by atoms with Crippen LogP contribution in [0.4, 0.5) is 0 Å². The highest BCUT2D eigenvalue weighted by atomic mass is 32.2. The second kappa shape index (κ2) is 8.04. The first-order valence-corrected chi connectivity index (χ1v) is 7.29. The van der Waals surface area contributed by atoms with Gasteiger partial charge in [-0.3, -0.25) is 9.00 Å². The van der Waals surface area contributed by atoms with Crippen molar-refractivity contribution in [3.63, 3.8) is 0 Å². The van der Waals surface area contributed by atoms with Crippen LogP contribution in [0.3, 0.4) is 0 Å². The van der Waals surface area contributed by atoms with Gasteiger partial charge in [0.15, 0.2) is 0 Å². The van der Waals surface area contributed by atoms with Gasteiger partial charge in [-0.15, -0.1) is 0 Å². The molecule has 1 rings (SSSR count). The molecule has 0 aliphatic carbocycles. The van der Waals surface area contributed by atoms with Crippen LogP contribution in [-0.4, -0.2) is 44.1 Å². The molecule has 6 heteroatoms. The van der Waals surface area contributed by atoms with E-state index in [9.17, 15) is 14.1 Å². The van der Waals surface area contributed by atoms with Crippen LogP contribution in [0.1, 0.15) is 12.5 Å². The lowest BCUT2D eigenvalue weighted by Crippen LogP contribution is -2.31. The first kappa shape index (κ1) is 15.8. The van der Waals surface area contributed by atoms with Crippen LogP contribution in [0.5, 0.6) is 0 Å². The number of hydrogen-bond donors (Lipinski definition) is 2. The Balaban J connectivity index is 2.42. The van der Waals surface area contributed by atoms with Crippen molar-refractivity contribution in [3.05, 3.63) is 35.9 Å². The third kappa shape index (κ3) is 5.50. The van der Waals surface area contributed by atoms with Crippen molar-refractivity contribution >= 4 is 16.8 Å². The molecule has 1 aromatic carbocycles. The summed E-state index contributed by atoms with van der Waals surface area (Å²) in [4.78, 5) is 11.7. The third-order valence-electron chi connectivity index (χ3n) is 2.52. The molecule has 106 valence electrons. The van der Waals surface area contributed by atoms with Crippen molar-refractivity contribution in [2.24, 2.45) is 0 Å². The fourth-order valence-electron chi connectivity index (χ4n) is 1.34. The maximum absolute atomic E-state index is 11.7. The number of rotatable bonds is 7. The number of esters is 1. The van der Waals surface area contributed by atoms with Gasteiger partial charge in [-0.2, -0.15) is 0 Å². The van der Waals surface area contributed by atoms with Gasteiger partial charge in [0.1, 0.15) is 11.9 Å². The van der Waals surface area contributed by atoms with Crippen LogP contribution in [0.2, 0.25) is 0 Å². The lowest BCUT2D eigenvalue weighted by atomic mass is 10.2. The van der Waals surface area contributed by atoms with Gasteiger partial charge in [0.05, 0.1) is 18.5 Å². The molecule has 0 aliphatic rings. The molecule has 0 bridgehead atoms. The topological polar surface area (TPSA) is 83.8 Å². The maximum atomic E-state index is 11.7. The van der Waals surface area contributed by atoms with Crippen LogP contribution < -0.4 is 0 Å². The summed E-state index contributed by atoms with van der Waals surface area (Å²) in [6.07, 6.45) is -1.08. The second-order valence-electron chi connectivity index (χ2n) is 4.12. The zero-order chi connectivity index (χ0) is 14.3. The van der Waals surface area contributed by atoms with E-state index in [1.165, 1.54) is 6.92 Å². The Hall–Kier alpha value is -1.24. The molecule has 0 fully saturated rings. The molecule has 3 atom stereocenters. The smallest absolute Gasteiger partial charge is 0.321 e. The highest BCUT2D eigenvalue weighted by molar-refractivity contribution is 7.86. The van der Waals surface area contributed by atoms with Crippen LogP contribution in [0, 0.1) is 0 Å². The summed E-state index contributed by atoms with van der Waals surface area (Å²) in [5, 5.41) is 17.0. The van der Waals surface area contributed by atoms with E-state index in [-0.39, 0.29) is 12.4 Å². The summed E-state index contributed by atoms with van der Waals surface area (Å²) in [6.45, 7) is 1.13. The quantitative estimate of drug-likeness (QED) is 0.701. The Bertz CT molecular complexity index is 420. The molecule has 0 saturated carbocycles. The van der Waals surface area contributed by atoms with E-state index in [2.05, 4.69) is 0 Å². The molecule has 5 nitrogen and oxygen atoms in total. The van der Waals surface area contributed by atoms with Gasteiger partial charge >= 0.3 is 5.97 Å². The van der Waals surface area contributed by atoms with Gasteiger partial charge < -0.3 is 14.9 Å². The Morgan fingerprint density at radius 1 is 1.37 bits per heavy atom. The summed E-state index contributed by atoms with van der Waals surface area (Å²) in [5.41, 5.74) is 0.851. The molecular weight excluding hydrogens is 268 g/mol. The average molecular weight is 286 g/mol. The normalized spacial score (nSPS) is 15.5. The number of carbonyl (C=O) groups is 1. The van der Waals surface area contributed by atoms with Crippen LogP contribution >= 0.6 is 0 Å². The lowest BCUT2D eigenvalue weighted by Gasteiger charge is -2.13. The van der Waals surface area contributed by atoms with Crippen LogP contribution in [-0.2, 0) is 26.9 Å². The van der Waals surface area contributed by atoms with E-state index in [1.807, 2.05) is 30.3 Å². The minimum absolute atomic E-state index is 0.129. The Kier molecular flexibility index (Phi) is 6.69. The lowest BCUT2D eigenvalue weighted by molar-refractivity contribution is -0.144. The van der Waals surface area contributed by atoms with Gasteiger partial charge in [-0.25, -0.2) is 0 Å². The molecule has 0 aliphatic heterocycles. The monoisotopic (exact) mass is 286 g/mol. The number of hydrogen-bond acceptors (Lipinski definition) is 5. The molecule has 0 radical (unpaired) electrons. The van der Waals surface area contributed by atoms with E-state index in [4.69, 9.17) is 9.84 Å². The van der Waals surface area contributed by atoms with Crippen molar-refractivity contribution in [3.8, 4) is 0 Å². The summed E-state index contributed by atoms with van der Waals surface area (Å²) < 4.78 is 16.8. The van der Waals surface area contributed by atoms with Crippen LogP contribution in [0.25, 0.3) is 0 Å². The van der Waals surface area contributed by atoms with E-state index >= 15 is 0 Å². The van der Waals surface area contributed by atoms with Crippen LogP contribution in [0.15, 0.2) is 30.3 Å². The molecule has 0 aromatic heterocycles. The summed E-state index contributed by atoms with van der Waals surface area (Å²) in [5.74, 6) is -0.717. The Morgan fingerprint density at radius 2 is 2.00 bits per heavy atom. The second-order valence-corrected chi connectivity index (χ2v) is 5.92. The fourth-order valence-corrected chi connectivity index (χ4v) is 2.40. The molecule has 3 unspecified atom stereocenters. The van der Waals surface area contributed by atoms with Crippen molar-refractivity contribution in [2.75, 3.05) is 12.4 Å². The minimum atomic E-state index is -1.57. The van der Waals surface area contributed by atoms with Gasteiger partial charge in [0.2, 0.25) is 0 Å². The average Bonchev–Trinajstić information content (AvgIpc) is 2.44. The van der Waals surface area contributed by atoms with E-state index in [0.29, 0.717) is 0 Å². The van der Waals surface area contributed by atoms with Gasteiger partial charge in [0, 0.05) is 10.8 Å².